The summed E-state index contributed by atoms with van der Waals surface area (Å²) >= 11 is 0.795. The van der Waals surface area contributed by atoms with Crippen LogP contribution in [0.4, 0.5) is 0 Å². The Morgan fingerprint density at radius 3 is 2.47 bits per heavy atom. The molecule has 4 nitrogen and oxygen atoms in total. The number of hydrogen-bond acceptors (Lipinski definition) is 5. The maximum absolute atomic E-state index is 11.3. The van der Waals surface area contributed by atoms with Gasteiger partial charge in [-0.15, -0.1) is 11.3 Å². The molecule has 15 heavy (non-hydrogen) atoms. The second kappa shape index (κ2) is 4.51. The van der Waals surface area contributed by atoms with Crippen molar-refractivity contribution in [3.63, 3.8) is 0 Å². The molecule has 0 saturated heterocycles. The van der Waals surface area contributed by atoms with Crippen molar-refractivity contribution in [2.75, 3.05) is 0 Å². The fourth-order valence-corrected chi connectivity index (χ4v) is 2.79. The van der Waals surface area contributed by atoms with Gasteiger partial charge in [0.1, 0.15) is 9.09 Å². The number of ether oxygens (including phenoxy) is 1. The van der Waals surface area contributed by atoms with Crippen LogP contribution in [-0.4, -0.2) is 20.5 Å². The lowest BCUT2D eigenvalue weighted by atomic mass is 10.4. The van der Waals surface area contributed by atoms with E-state index in [2.05, 4.69) is 0 Å². The van der Waals surface area contributed by atoms with Crippen molar-refractivity contribution in [2.45, 2.75) is 24.2 Å². The van der Waals surface area contributed by atoms with E-state index >= 15 is 0 Å². The summed E-state index contributed by atoms with van der Waals surface area (Å²) in [5, 5.41) is 0. The van der Waals surface area contributed by atoms with Gasteiger partial charge in [0.2, 0.25) is 0 Å². The standard InChI is InChI=1S/C8H9ClO4S2/c1-5(2)13-8(10)6-3-4-7(14-6)15(9,11)12/h3-5H,1-2H3. The van der Waals surface area contributed by atoms with E-state index in [0.29, 0.717) is 0 Å². The van der Waals surface area contributed by atoms with E-state index in [0.717, 1.165) is 11.3 Å². The van der Waals surface area contributed by atoms with Gasteiger partial charge in [-0.05, 0) is 26.0 Å². The molecule has 0 aliphatic heterocycles. The Kier molecular flexibility index (Phi) is 3.75. The van der Waals surface area contributed by atoms with Crippen molar-refractivity contribution in [3.05, 3.63) is 17.0 Å². The molecular formula is C8H9ClO4S2. The quantitative estimate of drug-likeness (QED) is 0.623. The summed E-state index contributed by atoms with van der Waals surface area (Å²) in [6.45, 7) is 3.43. The Morgan fingerprint density at radius 1 is 1.47 bits per heavy atom. The zero-order valence-corrected chi connectivity index (χ0v) is 10.4. The van der Waals surface area contributed by atoms with Gasteiger partial charge < -0.3 is 4.74 Å². The van der Waals surface area contributed by atoms with Crippen LogP contribution in [0, 0.1) is 0 Å². The highest BCUT2D eigenvalue weighted by Crippen LogP contribution is 2.25. The number of rotatable bonds is 3. The molecule has 0 bridgehead atoms. The molecule has 0 fully saturated rings. The number of carbonyl (C=O) groups is 1. The number of carbonyl (C=O) groups excluding carboxylic acids is 1. The minimum atomic E-state index is -3.76. The summed E-state index contributed by atoms with van der Waals surface area (Å²) in [5.74, 6) is -0.540. The lowest BCUT2D eigenvalue weighted by Gasteiger charge is -2.05. The number of hydrogen-bond donors (Lipinski definition) is 0. The van der Waals surface area contributed by atoms with Crippen molar-refractivity contribution in [2.24, 2.45) is 0 Å². The number of thiophene rings is 1. The van der Waals surface area contributed by atoms with E-state index in [-0.39, 0.29) is 15.2 Å². The highest BCUT2D eigenvalue weighted by Gasteiger charge is 2.18. The molecule has 0 radical (unpaired) electrons. The third-order valence-corrected chi connectivity index (χ3v) is 4.52. The van der Waals surface area contributed by atoms with Crippen LogP contribution in [0.5, 0.6) is 0 Å². The Morgan fingerprint density at radius 2 is 2.07 bits per heavy atom. The third kappa shape index (κ3) is 3.48. The summed E-state index contributed by atoms with van der Waals surface area (Å²) < 4.78 is 26.7. The van der Waals surface area contributed by atoms with Crippen molar-refractivity contribution < 1.29 is 17.9 Å². The van der Waals surface area contributed by atoms with E-state index in [4.69, 9.17) is 15.4 Å². The predicted octanol–water partition coefficient (Wildman–Crippen LogP) is 2.24. The van der Waals surface area contributed by atoms with Crippen molar-refractivity contribution >= 4 is 37.0 Å². The van der Waals surface area contributed by atoms with Crippen molar-refractivity contribution in [3.8, 4) is 0 Å². The number of halogens is 1. The summed E-state index contributed by atoms with van der Waals surface area (Å²) in [6.07, 6.45) is -0.240. The first-order valence-corrected chi connectivity index (χ1v) is 7.19. The topological polar surface area (TPSA) is 60.4 Å². The van der Waals surface area contributed by atoms with Gasteiger partial charge in [-0.25, -0.2) is 13.2 Å². The molecular weight excluding hydrogens is 260 g/mol. The molecule has 1 aromatic heterocycles. The zero-order chi connectivity index (χ0) is 11.6. The van der Waals surface area contributed by atoms with E-state index in [1.807, 2.05) is 0 Å². The molecule has 7 heteroatoms. The molecule has 1 heterocycles. The van der Waals surface area contributed by atoms with Gasteiger partial charge in [-0.1, -0.05) is 0 Å². The molecule has 0 N–H and O–H groups in total. The molecule has 0 aromatic carbocycles. The van der Waals surface area contributed by atoms with Crippen molar-refractivity contribution in [1.82, 2.24) is 0 Å². The summed E-state index contributed by atoms with van der Waals surface area (Å²) in [5.41, 5.74) is 0. The number of esters is 1. The smallest absolute Gasteiger partial charge is 0.348 e. The Hall–Kier alpha value is -0.590. The first kappa shape index (κ1) is 12.5. The molecule has 0 saturated carbocycles. The highest BCUT2D eigenvalue weighted by atomic mass is 35.7. The average molecular weight is 269 g/mol. The second-order valence-corrected chi connectivity index (χ2v) is 6.89. The Labute approximate surface area is 96.2 Å². The maximum Gasteiger partial charge on any atom is 0.348 e. The predicted molar refractivity (Wildman–Crippen MR) is 57.9 cm³/mol. The lowest BCUT2D eigenvalue weighted by Crippen LogP contribution is -2.09. The van der Waals surface area contributed by atoms with Crippen molar-refractivity contribution in [1.29, 1.82) is 0 Å². The van der Waals surface area contributed by atoms with E-state index in [9.17, 15) is 13.2 Å². The molecule has 84 valence electrons. The molecule has 0 spiro atoms. The minimum Gasteiger partial charge on any atom is -0.459 e. The fourth-order valence-electron chi connectivity index (χ4n) is 0.833. The second-order valence-electron chi connectivity index (χ2n) is 3.01. The summed E-state index contributed by atoms with van der Waals surface area (Å²) in [6, 6.07) is 2.66. The zero-order valence-electron chi connectivity index (χ0n) is 8.06. The van der Waals surface area contributed by atoms with Crippen LogP contribution in [0.2, 0.25) is 0 Å². The average Bonchev–Trinajstić information content (AvgIpc) is 2.48. The SMILES string of the molecule is CC(C)OC(=O)c1ccc(S(=O)(=O)Cl)s1. The first-order valence-electron chi connectivity index (χ1n) is 4.06. The molecule has 0 aliphatic rings. The van der Waals surface area contributed by atoms with E-state index < -0.39 is 15.0 Å². The third-order valence-electron chi connectivity index (χ3n) is 1.37. The van der Waals surface area contributed by atoms with Crippen LogP contribution < -0.4 is 0 Å². The minimum absolute atomic E-state index is 0.0557. The monoisotopic (exact) mass is 268 g/mol. The normalized spacial score (nSPS) is 11.7. The Bertz CT molecular complexity index is 461. The molecule has 0 aliphatic carbocycles. The van der Waals surface area contributed by atoms with Gasteiger partial charge in [-0.2, -0.15) is 0 Å². The van der Waals surface area contributed by atoms with Crippen LogP contribution in [-0.2, 0) is 13.8 Å². The molecule has 0 amide bonds. The van der Waals surface area contributed by atoms with Gasteiger partial charge in [0.25, 0.3) is 9.05 Å². The van der Waals surface area contributed by atoms with Crippen LogP contribution in [0.1, 0.15) is 23.5 Å². The fraction of sp³-hybridized carbons (Fsp3) is 0.375. The van der Waals surface area contributed by atoms with Crippen LogP contribution in [0.15, 0.2) is 16.3 Å². The van der Waals surface area contributed by atoms with Crippen LogP contribution in [0.25, 0.3) is 0 Å². The summed E-state index contributed by atoms with van der Waals surface area (Å²) in [4.78, 5) is 11.6. The van der Waals surface area contributed by atoms with Gasteiger partial charge in [0.15, 0.2) is 0 Å². The van der Waals surface area contributed by atoms with E-state index in [1.54, 1.807) is 13.8 Å². The van der Waals surface area contributed by atoms with Gasteiger partial charge in [0.05, 0.1) is 6.10 Å². The van der Waals surface area contributed by atoms with Gasteiger partial charge in [0, 0.05) is 10.7 Å². The molecule has 0 atom stereocenters. The highest BCUT2D eigenvalue weighted by molar-refractivity contribution is 8.15. The Balaban J connectivity index is 2.90. The van der Waals surface area contributed by atoms with E-state index in [1.165, 1.54) is 12.1 Å². The largest absolute Gasteiger partial charge is 0.459 e. The lowest BCUT2D eigenvalue weighted by molar-refractivity contribution is 0.0384. The maximum atomic E-state index is 11.3. The molecule has 1 aromatic rings. The van der Waals surface area contributed by atoms with Gasteiger partial charge >= 0.3 is 5.97 Å². The van der Waals surface area contributed by atoms with Crippen LogP contribution in [0.3, 0.4) is 0 Å². The molecule has 1 rings (SSSR count). The summed E-state index contributed by atoms with van der Waals surface area (Å²) in [7, 11) is 1.35. The first-order chi connectivity index (χ1) is 6.80. The molecule has 0 unspecified atom stereocenters. The van der Waals surface area contributed by atoms with Crippen LogP contribution >= 0.6 is 22.0 Å². The van der Waals surface area contributed by atoms with Gasteiger partial charge in [-0.3, -0.25) is 0 Å².